The second-order valence-electron chi connectivity index (χ2n) is 5.24. The number of hydrogen-bond acceptors (Lipinski definition) is 4. The molecule has 122 valence electrons. The lowest BCUT2D eigenvalue weighted by atomic mass is 10.1. The van der Waals surface area contributed by atoms with Gasteiger partial charge in [-0.1, -0.05) is 29.8 Å². The number of ether oxygens (including phenoxy) is 1. The highest BCUT2D eigenvalue weighted by molar-refractivity contribution is 7.16. The van der Waals surface area contributed by atoms with Gasteiger partial charge < -0.3 is 10.1 Å². The van der Waals surface area contributed by atoms with Gasteiger partial charge in [-0.25, -0.2) is 4.79 Å². The maximum Gasteiger partial charge on any atom is 0.342 e. The predicted molar refractivity (Wildman–Crippen MR) is 93.4 cm³/mol. The number of hydrogen-bond donors (Lipinski definition) is 1. The number of anilines is 1. The summed E-state index contributed by atoms with van der Waals surface area (Å²) >= 11 is 7.50. The number of amides is 1. The normalized spacial score (nSPS) is 11.9. The van der Waals surface area contributed by atoms with E-state index in [2.05, 4.69) is 5.32 Å². The number of esters is 1. The summed E-state index contributed by atoms with van der Waals surface area (Å²) in [6.07, 6.45) is -0.485. The van der Waals surface area contributed by atoms with Gasteiger partial charge in [0.25, 0.3) is 0 Å². The summed E-state index contributed by atoms with van der Waals surface area (Å²) in [5.41, 5.74) is 1.96. The number of halogens is 1. The Hall–Kier alpha value is -1.85. The Morgan fingerprint density at radius 2 is 1.91 bits per heavy atom. The largest absolute Gasteiger partial charge is 0.454 e. The maximum absolute atomic E-state index is 12.6. The van der Waals surface area contributed by atoms with Crippen molar-refractivity contribution in [1.29, 1.82) is 0 Å². The molecule has 0 spiro atoms. The third kappa shape index (κ3) is 3.92. The Balaban J connectivity index is 2.27. The molecule has 0 aliphatic carbocycles. The first-order valence-electron chi connectivity index (χ1n) is 7.14. The minimum atomic E-state index is -0.485. The molecule has 0 aliphatic heterocycles. The zero-order valence-electron chi connectivity index (χ0n) is 13.4. The first-order chi connectivity index (χ1) is 10.8. The van der Waals surface area contributed by atoms with Gasteiger partial charge in [-0.05, 0) is 32.4 Å². The molecule has 1 heterocycles. The van der Waals surface area contributed by atoms with Crippen LogP contribution in [0.25, 0.3) is 0 Å². The van der Waals surface area contributed by atoms with Gasteiger partial charge in [0.05, 0.1) is 5.56 Å². The van der Waals surface area contributed by atoms with E-state index in [0.29, 0.717) is 15.6 Å². The number of thiophene rings is 1. The van der Waals surface area contributed by atoms with Crippen LogP contribution in [0.15, 0.2) is 24.3 Å². The molecular formula is C17H18ClNO3S. The van der Waals surface area contributed by atoms with Gasteiger partial charge in [-0.3, -0.25) is 4.79 Å². The minimum Gasteiger partial charge on any atom is -0.454 e. The highest BCUT2D eigenvalue weighted by Crippen LogP contribution is 2.34. The molecule has 0 aliphatic rings. The molecule has 2 rings (SSSR count). The van der Waals surface area contributed by atoms with Crippen molar-refractivity contribution in [2.24, 2.45) is 0 Å². The van der Waals surface area contributed by atoms with Crippen LogP contribution in [0, 0.1) is 13.8 Å². The van der Waals surface area contributed by atoms with Gasteiger partial charge in [-0.15, -0.1) is 11.3 Å². The van der Waals surface area contributed by atoms with E-state index in [1.54, 1.807) is 13.0 Å². The Kier molecular flexibility index (Phi) is 5.44. The molecule has 4 nitrogen and oxygen atoms in total. The zero-order chi connectivity index (χ0) is 17.1. The molecule has 0 bridgehead atoms. The monoisotopic (exact) mass is 351 g/mol. The van der Waals surface area contributed by atoms with Crippen LogP contribution in [-0.2, 0) is 9.53 Å². The molecule has 6 heteroatoms. The van der Waals surface area contributed by atoms with Crippen LogP contribution in [-0.4, -0.2) is 11.9 Å². The molecule has 0 fully saturated rings. The van der Waals surface area contributed by atoms with Crippen LogP contribution >= 0.6 is 22.9 Å². The lowest BCUT2D eigenvalue weighted by molar-refractivity contribution is -0.114. The first-order valence-corrected chi connectivity index (χ1v) is 8.33. The Morgan fingerprint density at radius 1 is 1.26 bits per heavy atom. The van der Waals surface area contributed by atoms with Gasteiger partial charge in [0.1, 0.15) is 11.1 Å². The summed E-state index contributed by atoms with van der Waals surface area (Å²) in [6.45, 7) is 6.92. The van der Waals surface area contributed by atoms with Crippen molar-refractivity contribution in [3.05, 3.63) is 50.9 Å². The number of carbonyl (C=O) groups excluding carboxylic acids is 2. The second-order valence-corrected chi connectivity index (χ2v) is 6.87. The van der Waals surface area contributed by atoms with Crippen LogP contribution in [0.2, 0.25) is 5.02 Å². The molecule has 1 amide bonds. The van der Waals surface area contributed by atoms with Gasteiger partial charge in [0, 0.05) is 22.4 Å². The number of nitrogens with one attached hydrogen (secondary N) is 1. The third-order valence-electron chi connectivity index (χ3n) is 3.51. The van der Waals surface area contributed by atoms with Crippen molar-refractivity contribution in [1.82, 2.24) is 0 Å². The van der Waals surface area contributed by atoms with Crippen molar-refractivity contribution >= 4 is 39.8 Å². The van der Waals surface area contributed by atoms with Gasteiger partial charge in [0.15, 0.2) is 0 Å². The Morgan fingerprint density at radius 3 is 2.52 bits per heavy atom. The zero-order valence-corrected chi connectivity index (χ0v) is 15.0. The molecule has 1 atom stereocenters. The first kappa shape index (κ1) is 17.5. The molecule has 0 saturated heterocycles. The van der Waals surface area contributed by atoms with Crippen molar-refractivity contribution in [3.63, 3.8) is 0 Å². The third-order valence-corrected chi connectivity index (χ3v) is 4.97. The fraction of sp³-hybridized carbons (Fsp3) is 0.294. The molecule has 1 aromatic heterocycles. The van der Waals surface area contributed by atoms with E-state index in [9.17, 15) is 9.59 Å². The van der Waals surface area contributed by atoms with E-state index in [4.69, 9.17) is 16.3 Å². The number of carbonyl (C=O) groups is 2. The summed E-state index contributed by atoms with van der Waals surface area (Å²) in [4.78, 5) is 24.9. The fourth-order valence-electron chi connectivity index (χ4n) is 2.21. The topological polar surface area (TPSA) is 55.4 Å². The van der Waals surface area contributed by atoms with Crippen LogP contribution in [0.3, 0.4) is 0 Å². The van der Waals surface area contributed by atoms with E-state index in [0.717, 1.165) is 16.0 Å². The van der Waals surface area contributed by atoms with Crippen LogP contribution in [0.4, 0.5) is 5.00 Å². The smallest absolute Gasteiger partial charge is 0.342 e. The van der Waals surface area contributed by atoms with Gasteiger partial charge in [-0.2, -0.15) is 0 Å². The van der Waals surface area contributed by atoms with Crippen molar-refractivity contribution in [2.45, 2.75) is 33.8 Å². The van der Waals surface area contributed by atoms with Gasteiger partial charge >= 0.3 is 5.97 Å². The predicted octanol–water partition coefficient (Wildman–Crippen LogP) is 4.89. The summed E-state index contributed by atoms with van der Waals surface area (Å²) in [5.74, 6) is -0.692. The van der Waals surface area contributed by atoms with E-state index in [1.165, 1.54) is 18.3 Å². The van der Waals surface area contributed by atoms with Crippen LogP contribution in [0.1, 0.15) is 46.3 Å². The molecule has 1 N–H and O–H groups in total. The van der Waals surface area contributed by atoms with E-state index >= 15 is 0 Å². The van der Waals surface area contributed by atoms with Crippen molar-refractivity contribution < 1.29 is 14.3 Å². The molecule has 0 saturated carbocycles. The van der Waals surface area contributed by atoms with E-state index < -0.39 is 12.1 Å². The van der Waals surface area contributed by atoms with Gasteiger partial charge in [0.2, 0.25) is 5.91 Å². The number of rotatable bonds is 4. The molecule has 23 heavy (non-hydrogen) atoms. The van der Waals surface area contributed by atoms with E-state index in [-0.39, 0.29) is 5.91 Å². The summed E-state index contributed by atoms with van der Waals surface area (Å²) < 4.78 is 5.55. The SMILES string of the molecule is CC(=O)Nc1sc(C)c(C)c1C(=O)O[C@H](C)c1ccccc1Cl. The van der Waals surface area contributed by atoms with Crippen molar-refractivity contribution in [3.8, 4) is 0 Å². The molecule has 1 aromatic carbocycles. The fourth-order valence-corrected chi connectivity index (χ4v) is 3.59. The minimum absolute atomic E-state index is 0.223. The number of benzene rings is 1. The van der Waals surface area contributed by atoms with Crippen molar-refractivity contribution in [2.75, 3.05) is 5.32 Å². The lowest BCUT2D eigenvalue weighted by Gasteiger charge is -2.15. The highest BCUT2D eigenvalue weighted by Gasteiger charge is 2.24. The standard InChI is InChI=1S/C17H18ClNO3S/c1-9-11(3)23-16(19-12(4)20)15(9)17(21)22-10(2)13-7-5-6-8-14(13)18/h5-8,10H,1-4H3,(H,19,20)/t10-/m1/s1. The van der Waals surface area contributed by atoms with Crippen LogP contribution < -0.4 is 5.32 Å². The summed E-state index contributed by atoms with van der Waals surface area (Å²) in [7, 11) is 0. The summed E-state index contributed by atoms with van der Waals surface area (Å²) in [6, 6.07) is 7.24. The second kappa shape index (κ2) is 7.15. The maximum atomic E-state index is 12.6. The average Bonchev–Trinajstić information content (AvgIpc) is 2.73. The Labute approximate surface area is 144 Å². The lowest BCUT2D eigenvalue weighted by Crippen LogP contribution is -2.14. The Bertz CT molecular complexity index is 754. The molecule has 2 aromatic rings. The molecule has 0 unspecified atom stereocenters. The quantitative estimate of drug-likeness (QED) is 0.797. The highest BCUT2D eigenvalue weighted by atomic mass is 35.5. The summed E-state index contributed by atoms with van der Waals surface area (Å²) in [5, 5.41) is 3.76. The number of aryl methyl sites for hydroxylation is 1. The molecular weight excluding hydrogens is 334 g/mol. The van der Waals surface area contributed by atoms with E-state index in [1.807, 2.05) is 32.0 Å². The average molecular weight is 352 g/mol. The molecule has 0 radical (unpaired) electrons. The van der Waals surface area contributed by atoms with Crippen LogP contribution in [0.5, 0.6) is 0 Å².